The van der Waals surface area contributed by atoms with Gasteiger partial charge in [-0.1, -0.05) is 0 Å². The highest BCUT2D eigenvalue weighted by atomic mass is 16.2. The molecule has 2 amide bonds. The van der Waals surface area contributed by atoms with Crippen LogP contribution in [0.15, 0.2) is 36.7 Å². The maximum absolute atomic E-state index is 12.7. The SMILES string of the molecule is CN1CCN(c2ccc(Nc3cncc(N4CCC[C@@H](NC(=O)N5CCCCC5)C4)n3)cc2)CC1. The van der Waals surface area contributed by atoms with Gasteiger partial charge in [0.2, 0.25) is 0 Å². The van der Waals surface area contributed by atoms with Gasteiger partial charge in [-0.15, -0.1) is 0 Å². The van der Waals surface area contributed by atoms with E-state index in [-0.39, 0.29) is 12.1 Å². The van der Waals surface area contributed by atoms with Crippen LogP contribution >= 0.6 is 0 Å². The van der Waals surface area contributed by atoms with E-state index in [4.69, 9.17) is 4.98 Å². The van der Waals surface area contributed by atoms with Crippen molar-refractivity contribution in [3.05, 3.63) is 36.7 Å². The van der Waals surface area contributed by atoms with Crippen LogP contribution in [0.1, 0.15) is 32.1 Å². The fourth-order valence-electron chi connectivity index (χ4n) is 5.20. The maximum atomic E-state index is 12.7. The Labute approximate surface area is 208 Å². The summed E-state index contributed by atoms with van der Waals surface area (Å²) in [5.41, 5.74) is 2.26. The number of amides is 2. The molecule has 1 aromatic carbocycles. The first-order chi connectivity index (χ1) is 17.1. The van der Waals surface area contributed by atoms with Gasteiger partial charge in [-0.05, 0) is 63.4 Å². The number of carbonyl (C=O) groups excluding carboxylic acids is 1. The van der Waals surface area contributed by atoms with Crippen molar-refractivity contribution in [3.63, 3.8) is 0 Å². The molecular formula is C26H38N8O. The highest BCUT2D eigenvalue weighted by Gasteiger charge is 2.25. The number of carbonyl (C=O) groups is 1. The summed E-state index contributed by atoms with van der Waals surface area (Å²) in [6.07, 6.45) is 9.05. The van der Waals surface area contributed by atoms with Gasteiger partial charge in [0.1, 0.15) is 5.82 Å². The Morgan fingerprint density at radius 2 is 1.66 bits per heavy atom. The summed E-state index contributed by atoms with van der Waals surface area (Å²) < 4.78 is 0. The molecule has 1 aromatic heterocycles. The highest BCUT2D eigenvalue weighted by Crippen LogP contribution is 2.23. The van der Waals surface area contributed by atoms with Crippen LogP contribution in [-0.4, -0.2) is 91.2 Å². The van der Waals surface area contributed by atoms with Gasteiger partial charge in [0.15, 0.2) is 5.82 Å². The summed E-state index contributed by atoms with van der Waals surface area (Å²) in [6.45, 7) is 7.75. The van der Waals surface area contributed by atoms with Crippen molar-refractivity contribution in [3.8, 4) is 0 Å². The van der Waals surface area contributed by atoms with Crippen LogP contribution in [-0.2, 0) is 0 Å². The third kappa shape index (κ3) is 6.14. The number of urea groups is 1. The molecule has 188 valence electrons. The predicted molar refractivity (Wildman–Crippen MR) is 141 cm³/mol. The van der Waals surface area contributed by atoms with Gasteiger partial charge in [0, 0.05) is 69.8 Å². The van der Waals surface area contributed by atoms with E-state index in [0.717, 1.165) is 95.4 Å². The van der Waals surface area contributed by atoms with Crippen LogP contribution < -0.4 is 20.4 Å². The quantitative estimate of drug-likeness (QED) is 0.683. The smallest absolute Gasteiger partial charge is 0.317 e. The van der Waals surface area contributed by atoms with Gasteiger partial charge in [0.25, 0.3) is 0 Å². The Bertz CT molecular complexity index is 970. The van der Waals surface area contributed by atoms with E-state index >= 15 is 0 Å². The van der Waals surface area contributed by atoms with Crippen molar-refractivity contribution >= 4 is 29.0 Å². The monoisotopic (exact) mass is 478 g/mol. The van der Waals surface area contributed by atoms with E-state index in [9.17, 15) is 4.79 Å². The maximum Gasteiger partial charge on any atom is 0.317 e. The van der Waals surface area contributed by atoms with Crippen molar-refractivity contribution in [2.75, 3.05) is 74.5 Å². The Kier molecular flexibility index (Phi) is 7.51. The summed E-state index contributed by atoms with van der Waals surface area (Å²) in [5, 5.41) is 6.66. The van der Waals surface area contributed by atoms with Crippen molar-refractivity contribution in [2.45, 2.75) is 38.1 Å². The zero-order valence-corrected chi connectivity index (χ0v) is 20.8. The Morgan fingerprint density at radius 1 is 0.886 bits per heavy atom. The first-order valence-electron chi connectivity index (χ1n) is 13.1. The molecule has 0 spiro atoms. The third-order valence-electron chi connectivity index (χ3n) is 7.35. The van der Waals surface area contributed by atoms with E-state index in [1.807, 2.05) is 11.1 Å². The van der Waals surface area contributed by atoms with Crippen LogP contribution in [0.25, 0.3) is 0 Å². The first kappa shape index (κ1) is 23.7. The minimum atomic E-state index is 0.0815. The van der Waals surface area contributed by atoms with Gasteiger partial charge in [0.05, 0.1) is 12.4 Å². The molecule has 3 aliphatic heterocycles. The van der Waals surface area contributed by atoms with Gasteiger partial charge >= 0.3 is 6.03 Å². The fourth-order valence-corrected chi connectivity index (χ4v) is 5.20. The van der Waals surface area contributed by atoms with Crippen molar-refractivity contribution < 1.29 is 4.79 Å². The van der Waals surface area contributed by atoms with E-state index in [1.165, 1.54) is 12.1 Å². The lowest BCUT2D eigenvalue weighted by atomic mass is 10.1. The standard InChI is InChI=1S/C26H38N8O/c1-31-14-16-32(17-15-31)23-9-7-21(8-10-23)28-24-18-27-19-25(30-24)34-13-5-6-22(20-34)29-26(35)33-11-3-2-4-12-33/h7-10,18-19,22H,2-6,11-17,20H2,1H3,(H,28,30)(H,29,35)/t22-/m1/s1. The predicted octanol–water partition coefficient (Wildman–Crippen LogP) is 3.14. The lowest BCUT2D eigenvalue weighted by Crippen LogP contribution is -2.52. The molecule has 1 atom stereocenters. The summed E-state index contributed by atoms with van der Waals surface area (Å²) >= 11 is 0. The molecule has 9 heteroatoms. The number of likely N-dealkylation sites (tertiary alicyclic amines) is 1. The van der Waals surface area contributed by atoms with Crippen LogP contribution in [0.2, 0.25) is 0 Å². The molecule has 0 bridgehead atoms. The fraction of sp³-hybridized carbons (Fsp3) is 0.577. The molecule has 0 unspecified atom stereocenters. The van der Waals surface area contributed by atoms with Crippen LogP contribution in [0, 0.1) is 0 Å². The van der Waals surface area contributed by atoms with E-state index < -0.39 is 0 Å². The first-order valence-corrected chi connectivity index (χ1v) is 13.1. The second kappa shape index (κ2) is 11.1. The Morgan fingerprint density at radius 3 is 2.43 bits per heavy atom. The molecule has 2 N–H and O–H groups in total. The van der Waals surface area contributed by atoms with Crippen molar-refractivity contribution in [1.82, 2.24) is 25.1 Å². The Hall–Kier alpha value is -3.07. The van der Waals surface area contributed by atoms with Crippen LogP contribution in [0.5, 0.6) is 0 Å². The summed E-state index contributed by atoms with van der Waals surface area (Å²) in [6, 6.07) is 8.78. The van der Waals surface area contributed by atoms with Crippen LogP contribution in [0.3, 0.4) is 0 Å². The van der Waals surface area contributed by atoms with Gasteiger partial charge < -0.3 is 30.2 Å². The topological polar surface area (TPSA) is 79.9 Å². The molecule has 5 rings (SSSR count). The number of aromatic nitrogens is 2. The van der Waals surface area contributed by atoms with E-state index in [2.05, 4.69) is 61.6 Å². The Balaban J connectivity index is 1.17. The highest BCUT2D eigenvalue weighted by molar-refractivity contribution is 5.74. The molecule has 3 aliphatic rings. The lowest BCUT2D eigenvalue weighted by molar-refractivity contribution is 0.181. The minimum absolute atomic E-state index is 0.0815. The molecule has 0 aliphatic carbocycles. The number of rotatable bonds is 5. The molecule has 9 nitrogen and oxygen atoms in total. The second-order valence-electron chi connectivity index (χ2n) is 10.0. The van der Waals surface area contributed by atoms with Crippen LogP contribution in [0.4, 0.5) is 27.8 Å². The van der Waals surface area contributed by atoms with Gasteiger partial charge in [-0.25, -0.2) is 9.78 Å². The van der Waals surface area contributed by atoms with Crippen molar-refractivity contribution in [2.24, 2.45) is 0 Å². The molecule has 35 heavy (non-hydrogen) atoms. The van der Waals surface area contributed by atoms with Gasteiger partial charge in [-0.2, -0.15) is 0 Å². The average Bonchev–Trinajstić information content (AvgIpc) is 2.90. The lowest BCUT2D eigenvalue weighted by Gasteiger charge is -2.35. The molecular weight excluding hydrogens is 440 g/mol. The molecule has 3 saturated heterocycles. The number of likely N-dealkylation sites (N-methyl/N-ethyl adjacent to an activating group) is 1. The summed E-state index contributed by atoms with van der Waals surface area (Å²) in [5.74, 6) is 1.58. The summed E-state index contributed by atoms with van der Waals surface area (Å²) in [7, 11) is 2.18. The number of anilines is 4. The van der Waals surface area contributed by atoms with Crippen molar-refractivity contribution in [1.29, 1.82) is 0 Å². The third-order valence-corrected chi connectivity index (χ3v) is 7.35. The molecule has 0 saturated carbocycles. The number of piperazine rings is 1. The normalized spacial score (nSPS) is 21.6. The zero-order chi connectivity index (χ0) is 24.0. The average molecular weight is 479 g/mol. The van der Waals surface area contributed by atoms with Gasteiger partial charge in [-0.3, -0.25) is 4.98 Å². The number of hydrogen-bond donors (Lipinski definition) is 2. The van der Waals surface area contributed by atoms with E-state index in [1.54, 1.807) is 6.20 Å². The van der Waals surface area contributed by atoms with E-state index in [0.29, 0.717) is 0 Å². The molecule has 3 fully saturated rings. The second-order valence-corrected chi connectivity index (χ2v) is 10.0. The summed E-state index contributed by atoms with van der Waals surface area (Å²) in [4.78, 5) is 30.9. The minimum Gasteiger partial charge on any atom is -0.369 e. The number of nitrogens with one attached hydrogen (secondary N) is 2. The number of hydrogen-bond acceptors (Lipinski definition) is 7. The molecule has 0 radical (unpaired) electrons. The number of nitrogens with zero attached hydrogens (tertiary/aromatic N) is 6. The number of benzene rings is 1. The zero-order valence-electron chi connectivity index (χ0n) is 20.8. The largest absolute Gasteiger partial charge is 0.369 e. The number of piperidine rings is 2. The molecule has 4 heterocycles. The molecule has 2 aromatic rings.